The number of nitrogens with zero attached hydrogens (tertiary/aromatic N) is 2. The van der Waals surface area contributed by atoms with Crippen molar-refractivity contribution >= 4 is 55.2 Å². The van der Waals surface area contributed by atoms with Gasteiger partial charge >= 0.3 is 6.03 Å². The Hall–Kier alpha value is -2.97. The van der Waals surface area contributed by atoms with Crippen molar-refractivity contribution in [3.8, 4) is 0 Å². The van der Waals surface area contributed by atoms with E-state index in [0.717, 1.165) is 20.1 Å². The molecule has 2 aliphatic rings. The minimum absolute atomic E-state index is 0.195. The molecular weight excluding hydrogens is 548 g/mol. The number of para-hydroxylation sites is 1. The van der Waals surface area contributed by atoms with Gasteiger partial charge in [-0.05, 0) is 54.4 Å². The van der Waals surface area contributed by atoms with Crippen LogP contribution >= 0.6 is 31.9 Å². The van der Waals surface area contributed by atoms with E-state index < -0.39 is 17.5 Å². The van der Waals surface area contributed by atoms with Gasteiger partial charge in [0, 0.05) is 8.95 Å². The topological polar surface area (TPSA) is 73.8 Å². The van der Waals surface area contributed by atoms with E-state index in [1.54, 1.807) is 0 Å². The van der Waals surface area contributed by atoms with Gasteiger partial charge in [-0.3, -0.25) is 4.79 Å². The summed E-state index contributed by atoms with van der Waals surface area (Å²) in [6.45, 7) is 1.86. The summed E-state index contributed by atoms with van der Waals surface area (Å²) >= 11 is 6.95. The molecule has 2 N–H and O–H groups in total. The number of benzene rings is 3. The van der Waals surface area contributed by atoms with Gasteiger partial charge in [0.05, 0.1) is 23.5 Å². The summed E-state index contributed by atoms with van der Waals surface area (Å²) in [4.78, 5) is 27.2. The largest absolute Gasteiger partial charge is 0.330 e. The van der Waals surface area contributed by atoms with Crippen LogP contribution in [0.3, 0.4) is 0 Å². The van der Waals surface area contributed by atoms with Crippen LogP contribution in [-0.4, -0.2) is 17.6 Å². The lowest BCUT2D eigenvalue weighted by Gasteiger charge is -2.46. The predicted molar refractivity (Wildman–Crippen MR) is 135 cm³/mol. The SMILES string of the molecule is CC1=NN(c2ccccc2)C(=O)C12[C@H](c1ccc(Br)cc1)NC(=O)N[C@H]2c1ccc(Br)cc1. The van der Waals surface area contributed by atoms with Gasteiger partial charge < -0.3 is 10.6 Å². The molecule has 3 aromatic rings. The highest BCUT2D eigenvalue weighted by molar-refractivity contribution is 9.10. The number of rotatable bonds is 3. The average Bonchev–Trinajstić information content (AvgIpc) is 3.08. The van der Waals surface area contributed by atoms with E-state index in [1.165, 1.54) is 5.01 Å². The molecule has 166 valence electrons. The smallest absolute Gasteiger partial charge is 0.315 e. The molecule has 3 amide bonds. The maximum atomic E-state index is 14.3. The molecule has 0 aliphatic carbocycles. The Bertz CT molecular complexity index is 1190. The lowest BCUT2D eigenvalue weighted by atomic mass is 9.65. The summed E-state index contributed by atoms with van der Waals surface area (Å²) in [6, 6.07) is 23.1. The van der Waals surface area contributed by atoms with Crippen LogP contribution in [0.5, 0.6) is 0 Å². The fourth-order valence-corrected chi connectivity index (χ4v) is 5.25. The fraction of sp³-hybridized carbons (Fsp3) is 0.160. The van der Waals surface area contributed by atoms with Gasteiger partial charge in [0.2, 0.25) is 0 Å². The summed E-state index contributed by atoms with van der Waals surface area (Å²) < 4.78 is 1.83. The zero-order chi connectivity index (χ0) is 23.2. The van der Waals surface area contributed by atoms with E-state index in [-0.39, 0.29) is 11.9 Å². The van der Waals surface area contributed by atoms with Gasteiger partial charge in [0.1, 0.15) is 5.41 Å². The van der Waals surface area contributed by atoms with Crippen molar-refractivity contribution in [2.45, 2.75) is 19.0 Å². The number of hydrogen-bond acceptors (Lipinski definition) is 3. The second-order valence-electron chi connectivity index (χ2n) is 8.09. The number of carbonyl (C=O) groups is 2. The molecule has 0 aromatic heterocycles. The maximum Gasteiger partial charge on any atom is 0.315 e. The van der Waals surface area contributed by atoms with Gasteiger partial charge in [-0.25, -0.2) is 4.79 Å². The molecule has 33 heavy (non-hydrogen) atoms. The van der Waals surface area contributed by atoms with Crippen LogP contribution in [-0.2, 0) is 4.79 Å². The molecule has 5 rings (SSSR count). The Morgan fingerprint density at radius 1 is 0.788 bits per heavy atom. The lowest BCUT2D eigenvalue weighted by Crippen LogP contribution is -2.63. The first-order valence-electron chi connectivity index (χ1n) is 10.4. The summed E-state index contributed by atoms with van der Waals surface area (Å²) in [5.74, 6) is -0.195. The van der Waals surface area contributed by atoms with Crippen molar-refractivity contribution in [1.82, 2.24) is 10.6 Å². The van der Waals surface area contributed by atoms with Gasteiger partial charge in [-0.15, -0.1) is 0 Å². The Morgan fingerprint density at radius 3 is 1.76 bits per heavy atom. The van der Waals surface area contributed by atoms with Crippen molar-refractivity contribution in [2.24, 2.45) is 10.5 Å². The van der Waals surface area contributed by atoms with E-state index in [0.29, 0.717) is 11.4 Å². The number of urea groups is 1. The molecule has 0 saturated carbocycles. The van der Waals surface area contributed by atoms with E-state index >= 15 is 0 Å². The molecule has 2 heterocycles. The van der Waals surface area contributed by atoms with Crippen LogP contribution in [0.15, 0.2) is 92.9 Å². The number of hydrogen-bond donors (Lipinski definition) is 2. The molecule has 6 nitrogen and oxygen atoms in total. The van der Waals surface area contributed by atoms with Crippen molar-refractivity contribution < 1.29 is 9.59 Å². The average molecular weight is 568 g/mol. The van der Waals surface area contributed by atoms with Gasteiger partial charge in [-0.2, -0.15) is 10.1 Å². The molecule has 0 unspecified atom stereocenters. The summed E-state index contributed by atoms with van der Waals surface area (Å²) in [7, 11) is 0. The van der Waals surface area contributed by atoms with E-state index in [9.17, 15) is 9.59 Å². The number of amides is 3. The van der Waals surface area contributed by atoms with Crippen LogP contribution in [0.2, 0.25) is 0 Å². The lowest BCUT2D eigenvalue weighted by molar-refractivity contribution is -0.127. The highest BCUT2D eigenvalue weighted by Crippen LogP contribution is 2.52. The number of anilines is 1. The Labute approximate surface area is 208 Å². The molecule has 2 atom stereocenters. The van der Waals surface area contributed by atoms with Crippen molar-refractivity contribution in [2.75, 3.05) is 5.01 Å². The monoisotopic (exact) mass is 566 g/mol. The van der Waals surface area contributed by atoms with Crippen molar-refractivity contribution in [3.05, 3.63) is 98.9 Å². The highest BCUT2D eigenvalue weighted by atomic mass is 79.9. The van der Waals surface area contributed by atoms with E-state index in [4.69, 9.17) is 5.10 Å². The third-order valence-electron chi connectivity index (χ3n) is 6.26. The summed E-state index contributed by atoms with van der Waals surface area (Å²) in [5.41, 5.74) is 1.80. The molecule has 1 saturated heterocycles. The number of halogens is 2. The van der Waals surface area contributed by atoms with Crippen LogP contribution in [0.1, 0.15) is 30.1 Å². The zero-order valence-corrected chi connectivity index (χ0v) is 20.8. The molecule has 0 bridgehead atoms. The first-order chi connectivity index (χ1) is 15.9. The molecular formula is C25H20Br2N4O2. The maximum absolute atomic E-state index is 14.3. The molecule has 0 radical (unpaired) electrons. The van der Waals surface area contributed by atoms with Crippen LogP contribution in [0.4, 0.5) is 10.5 Å². The standard InChI is InChI=1S/C25H20Br2N4O2/c1-15-25(23(32)31(30-15)20-5-3-2-4-6-20)21(16-7-11-18(26)12-8-16)28-24(33)29-22(25)17-9-13-19(27)14-10-17/h2-14,21-22H,1H3,(H2,28,29,33)/t21-,22-/m0/s1. The second-order valence-corrected chi connectivity index (χ2v) is 9.93. The van der Waals surface area contributed by atoms with E-state index in [1.807, 2.05) is 85.8 Å². The van der Waals surface area contributed by atoms with Crippen LogP contribution < -0.4 is 15.6 Å². The third kappa shape index (κ3) is 3.57. The molecule has 1 fully saturated rings. The number of carbonyl (C=O) groups excluding carboxylic acids is 2. The van der Waals surface area contributed by atoms with Gasteiger partial charge in [-0.1, -0.05) is 74.3 Å². The third-order valence-corrected chi connectivity index (χ3v) is 7.32. The van der Waals surface area contributed by atoms with E-state index in [2.05, 4.69) is 42.5 Å². The minimum Gasteiger partial charge on any atom is -0.330 e. The molecule has 1 spiro atoms. The second kappa shape index (κ2) is 8.43. The molecule has 2 aliphatic heterocycles. The minimum atomic E-state index is -1.16. The fourth-order valence-electron chi connectivity index (χ4n) is 4.72. The predicted octanol–water partition coefficient (Wildman–Crippen LogP) is 5.72. The van der Waals surface area contributed by atoms with Gasteiger partial charge in [0.15, 0.2) is 0 Å². The van der Waals surface area contributed by atoms with Crippen molar-refractivity contribution in [1.29, 1.82) is 0 Å². The van der Waals surface area contributed by atoms with Crippen LogP contribution in [0.25, 0.3) is 0 Å². The Kier molecular flexibility index (Phi) is 5.58. The van der Waals surface area contributed by atoms with Crippen molar-refractivity contribution in [3.63, 3.8) is 0 Å². The summed E-state index contributed by atoms with van der Waals surface area (Å²) in [6.07, 6.45) is 0. The quantitative estimate of drug-likeness (QED) is 0.425. The highest BCUT2D eigenvalue weighted by Gasteiger charge is 2.63. The Balaban J connectivity index is 1.72. The number of nitrogens with one attached hydrogen (secondary N) is 2. The first kappa shape index (κ1) is 21.9. The number of hydrazone groups is 1. The first-order valence-corrected chi connectivity index (χ1v) is 12.0. The van der Waals surface area contributed by atoms with Gasteiger partial charge in [0.25, 0.3) is 5.91 Å². The van der Waals surface area contributed by atoms with Crippen LogP contribution in [0, 0.1) is 5.41 Å². The molecule has 3 aromatic carbocycles. The molecule has 8 heteroatoms. The summed E-state index contributed by atoms with van der Waals surface area (Å²) in [5, 5.41) is 12.2. The normalized spacial score (nSPS) is 21.5. The zero-order valence-electron chi connectivity index (χ0n) is 17.6. The Morgan fingerprint density at radius 2 is 1.27 bits per heavy atom.